The molecule has 0 atom stereocenters. The number of pyridine rings is 1. The molecule has 0 unspecified atom stereocenters. The highest BCUT2D eigenvalue weighted by molar-refractivity contribution is 7.99. The van der Waals surface area contributed by atoms with E-state index in [1.807, 2.05) is 60.1 Å². The molecule has 0 radical (unpaired) electrons. The zero-order chi connectivity index (χ0) is 19.5. The smallest absolute Gasteiger partial charge is 0.233 e. The van der Waals surface area contributed by atoms with Gasteiger partial charge in [0, 0.05) is 19.8 Å². The molecular weight excluding hydrogens is 372 g/mol. The Morgan fingerprint density at radius 3 is 2.79 bits per heavy atom. The summed E-state index contributed by atoms with van der Waals surface area (Å²) in [6, 6.07) is 17.9. The lowest BCUT2D eigenvalue weighted by Crippen LogP contribution is -2.27. The van der Waals surface area contributed by atoms with Gasteiger partial charge in [-0.25, -0.2) is 0 Å². The second kappa shape index (κ2) is 7.90. The zero-order valence-corrected chi connectivity index (χ0v) is 16.5. The summed E-state index contributed by atoms with van der Waals surface area (Å²) in [5, 5.41) is 11.2. The van der Waals surface area contributed by atoms with E-state index in [1.165, 1.54) is 11.8 Å². The maximum absolute atomic E-state index is 12.6. The van der Waals surface area contributed by atoms with Gasteiger partial charge in [-0.2, -0.15) is 0 Å². The van der Waals surface area contributed by atoms with Crippen LogP contribution in [-0.4, -0.2) is 45.3 Å². The van der Waals surface area contributed by atoms with Crippen LogP contribution < -0.4 is 4.74 Å². The monoisotopic (exact) mass is 392 g/mol. The lowest BCUT2D eigenvalue weighted by atomic mass is 10.1. The fraction of sp³-hybridized carbons (Fsp3) is 0.190. The van der Waals surface area contributed by atoms with Crippen LogP contribution in [0.25, 0.3) is 16.4 Å². The van der Waals surface area contributed by atoms with Crippen molar-refractivity contribution in [3.8, 4) is 5.75 Å². The molecule has 0 saturated carbocycles. The molecule has 28 heavy (non-hydrogen) atoms. The summed E-state index contributed by atoms with van der Waals surface area (Å²) in [6.07, 6.45) is 1.90. The molecule has 7 heteroatoms. The van der Waals surface area contributed by atoms with Crippen LogP contribution in [-0.2, 0) is 11.3 Å². The standard InChI is InChI=1S/C21H20N4O2S/c1-24(13-15-6-7-17-12-18(27-2)9-8-16(17)11-15)20(26)14-28-21-23-22-19-5-3-4-10-25(19)21/h3-12H,13-14H2,1-2H3. The Morgan fingerprint density at radius 1 is 1.11 bits per heavy atom. The number of thioether (sulfide) groups is 1. The number of fused-ring (bicyclic) bond motifs is 2. The van der Waals surface area contributed by atoms with Crippen LogP contribution >= 0.6 is 11.8 Å². The Labute approximate surface area is 167 Å². The number of carbonyl (C=O) groups excluding carboxylic acids is 1. The summed E-state index contributed by atoms with van der Waals surface area (Å²) in [4.78, 5) is 14.3. The molecule has 0 bridgehead atoms. The van der Waals surface area contributed by atoms with Crippen LogP contribution in [0, 0.1) is 0 Å². The molecule has 0 spiro atoms. The Hall–Kier alpha value is -3.06. The molecule has 0 N–H and O–H groups in total. The van der Waals surface area contributed by atoms with Crippen molar-refractivity contribution >= 4 is 34.1 Å². The lowest BCUT2D eigenvalue weighted by molar-refractivity contribution is -0.127. The van der Waals surface area contributed by atoms with Gasteiger partial charge in [0.05, 0.1) is 12.9 Å². The third-order valence-corrected chi connectivity index (χ3v) is 5.49. The van der Waals surface area contributed by atoms with Crippen molar-refractivity contribution in [2.45, 2.75) is 11.7 Å². The minimum Gasteiger partial charge on any atom is -0.497 e. The van der Waals surface area contributed by atoms with Crippen LogP contribution in [0.5, 0.6) is 5.75 Å². The fourth-order valence-electron chi connectivity index (χ4n) is 3.02. The number of hydrogen-bond acceptors (Lipinski definition) is 5. The second-order valence-corrected chi connectivity index (χ2v) is 7.44. The van der Waals surface area contributed by atoms with E-state index < -0.39 is 0 Å². The Morgan fingerprint density at radius 2 is 1.93 bits per heavy atom. The van der Waals surface area contributed by atoms with E-state index in [0.717, 1.165) is 32.9 Å². The fourth-order valence-corrected chi connectivity index (χ4v) is 3.88. The number of ether oxygens (including phenoxy) is 1. The van der Waals surface area contributed by atoms with Gasteiger partial charge in [-0.1, -0.05) is 36.0 Å². The molecule has 2 heterocycles. The number of benzene rings is 2. The maximum atomic E-state index is 12.6. The van der Waals surface area contributed by atoms with Crippen molar-refractivity contribution in [3.63, 3.8) is 0 Å². The van der Waals surface area contributed by atoms with Crippen LogP contribution in [0.15, 0.2) is 66.0 Å². The van der Waals surface area contributed by atoms with Crippen LogP contribution in [0.4, 0.5) is 0 Å². The van der Waals surface area contributed by atoms with Gasteiger partial charge in [-0.3, -0.25) is 9.20 Å². The third-order valence-electron chi connectivity index (χ3n) is 4.56. The van der Waals surface area contributed by atoms with Crippen molar-refractivity contribution in [2.24, 2.45) is 0 Å². The largest absolute Gasteiger partial charge is 0.497 e. The summed E-state index contributed by atoms with van der Waals surface area (Å²) >= 11 is 1.39. The van der Waals surface area contributed by atoms with Crippen LogP contribution in [0.1, 0.15) is 5.56 Å². The molecule has 0 aliphatic carbocycles. The first kappa shape index (κ1) is 18.3. The summed E-state index contributed by atoms with van der Waals surface area (Å²) in [7, 11) is 3.49. The van der Waals surface area contributed by atoms with Gasteiger partial charge in [-0.15, -0.1) is 10.2 Å². The minimum atomic E-state index is 0.0486. The third kappa shape index (κ3) is 3.80. The lowest BCUT2D eigenvalue weighted by Gasteiger charge is -2.17. The van der Waals surface area contributed by atoms with Crippen molar-refractivity contribution in [1.82, 2.24) is 19.5 Å². The highest BCUT2D eigenvalue weighted by Crippen LogP contribution is 2.23. The molecule has 2 aromatic carbocycles. The maximum Gasteiger partial charge on any atom is 0.233 e. The first-order chi connectivity index (χ1) is 13.6. The SMILES string of the molecule is COc1ccc2cc(CN(C)C(=O)CSc3nnc4ccccn34)ccc2c1. The molecule has 0 saturated heterocycles. The number of aromatic nitrogens is 3. The van der Waals surface area contributed by atoms with Gasteiger partial charge in [0.2, 0.25) is 5.91 Å². The molecular formula is C21H20N4O2S. The van der Waals surface area contributed by atoms with Crippen molar-refractivity contribution in [3.05, 3.63) is 66.4 Å². The Bertz CT molecular complexity index is 1140. The van der Waals surface area contributed by atoms with Gasteiger partial charge in [0.1, 0.15) is 5.75 Å². The van der Waals surface area contributed by atoms with E-state index in [-0.39, 0.29) is 5.91 Å². The molecule has 0 aliphatic heterocycles. The molecule has 1 amide bonds. The molecule has 4 aromatic rings. The summed E-state index contributed by atoms with van der Waals surface area (Å²) in [5.41, 5.74) is 1.87. The highest BCUT2D eigenvalue weighted by atomic mass is 32.2. The van der Waals surface area contributed by atoms with Gasteiger partial charge >= 0.3 is 0 Å². The number of methoxy groups -OCH3 is 1. The number of carbonyl (C=O) groups is 1. The topological polar surface area (TPSA) is 59.7 Å². The average Bonchev–Trinajstić information content (AvgIpc) is 3.14. The van der Waals surface area contributed by atoms with Crippen molar-refractivity contribution < 1.29 is 9.53 Å². The number of amides is 1. The molecule has 0 aliphatic rings. The van der Waals surface area contributed by atoms with E-state index in [4.69, 9.17) is 4.74 Å². The zero-order valence-electron chi connectivity index (χ0n) is 15.7. The second-order valence-electron chi connectivity index (χ2n) is 6.50. The summed E-state index contributed by atoms with van der Waals surface area (Å²) < 4.78 is 7.15. The van der Waals surface area contributed by atoms with Crippen molar-refractivity contribution in [1.29, 1.82) is 0 Å². The quantitative estimate of drug-likeness (QED) is 0.469. The minimum absolute atomic E-state index is 0.0486. The van der Waals surface area contributed by atoms with E-state index >= 15 is 0 Å². The molecule has 142 valence electrons. The number of rotatable bonds is 6. The average molecular weight is 392 g/mol. The Kier molecular flexibility index (Phi) is 5.16. The van der Waals surface area contributed by atoms with E-state index in [2.05, 4.69) is 22.3 Å². The van der Waals surface area contributed by atoms with Gasteiger partial charge < -0.3 is 9.64 Å². The van der Waals surface area contributed by atoms with E-state index in [0.29, 0.717) is 12.3 Å². The first-order valence-corrected chi connectivity index (χ1v) is 9.86. The normalized spacial score (nSPS) is 11.1. The van der Waals surface area contributed by atoms with E-state index in [9.17, 15) is 4.79 Å². The van der Waals surface area contributed by atoms with E-state index in [1.54, 1.807) is 12.0 Å². The number of hydrogen-bond donors (Lipinski definition) is 0. The van der Waals surface area contributed by atoms with Crippen molar-refractivity contribution in [2.75, 3.05) is 19.9 Å². The molecule has 4 rings (SSSR count). The van der Waals surface area contributed by atoms with Gasteiger partial charge in [0.15, 0.2) is 10.8 Å². The van der Waals surface area contributed by atoms with Crippen LogP contribution in [0.2, 0.25) is 0 Å². The Balaban J connectivity index is 1.40. The predicted molar refractivity (Wildman–Crippen MR) is 111 cm³/mol. The molecule has 6 nitrogen and oxygen atoms in total. The molecule has 2 aromatic heterocycles. The summed E-state index contributed by atoms with van der Waals surface area (Å²) in [5.74, 6) is 1.20. The van der Waals surface area contributed by atoms with Gasteiger partial charge in [0.25, 0.3) is 0 Å². The summed E-state index contributed by atoms with van der Waals surface area (Å²) in [6.45, 7) is 0.557. The number of nitrogens with zero attached hydrogens (tertiary/aromatic N) is 4. The van der Waals surface area contributed by atoms with Gasteiger partial charge in [-0.05, 0) is 46.7 Å². The molecule has 0 fully saturated rings. The highest BCUT2D eigenvalue weighted by Gasteiger charge is 2.13. The first-order valence-electron chi connectivity index (χ1n) is 8.87. The van der Waals surface area contributed by atoms with Crippen LogP contribution in [0.3, 0.4) is 0 Å². The predicted octanol–water partition coefficient (Wildman–Crippen LogP) is 3.64.